The van der Waals surface area contributed by atoms with Gasteiger partial charge in [-0.25, -0.2) is 9.97 Å². The Morgan fingerprint density at radius 1 is 1.17 bits per heavy atom. The minimum absolute atomic E-state index is 0. The second-order valence-corrected chi connectivity index (χ2v) is 7.58. The number of nitrogen functional groups attached to an aromatic ring is 1. The predicted octanol–water partition coefficient (Wildman–Crippen LogP) is 4.01. The average molecular weight is 411 g/mol. The molecule has 0 aliphatic heterocycles. The third-order valence-electron chi connectivity index (χ3n) is 4.20. The first kappa shape index (κ1) is 18.8. The third kappa shape index (κ3) is 3.72. The van der Waals surface area contributed by atoms with Gasteiger partial charge >= 0.3 is 0 Å². The summed E-state index contributed by atoms with van der Waals surface area (Å²) in [7, 11) is 3.42. The highest BCUT2D eigenvalue weighted by molar-refractivity contribution is 7.13. The zero-order chi connectivity index (χ0) is 20.5. The number of anilines is 1. The first-order valence-corrected chi connectivity index (χ1v) is 9.64. The van der Waals surface area contributed by atoms with Crippen LogP contribution in [0.5, 0.6) is 0 Å². The molecule has 9 heteroatoms. The van der Waals surface area contributed by atoms with Crippen molar-refractivity contribution >= 4 is 23.1 Å². The van der Waals surface area contributed by atoms with Gasteiger partial charge in [-0.3, -0.25) is 4.79 Å². The molecular weight excluding hydrogens is 388 g/mol. The summed E-state index contributed by atoms with van der Waals surface area (Å²) >= 11 is 1.53. The number of benzene rings is 1. The molecule has 1 amide bonds. The fraction of sp³-hybridized carbons (Fsp3) is 0.150. The Hall–Kier alpha value is -3.59. The van der Waals surface area contributed by atoms with Crippen LogP contribution >= 0.6 is 11.3 Å². The number of aromatic nitrogens is 4. The molecule has 3 heterocycles. The maximum absolute atomic E-state index is 12.1. The molecule has 0 radical (unpaired) electrons. The number of hydrogen-bond donors (Lipinski definition) is 1. The normalized spacial score (nSPS) is 10.9. The third-order valence-corrected chi connectivity index (χ3v) is 5.24. The summed E-state index contributed by atoms with van der Waals surface area (Å²) in [5.41, 5.74) is 9.42. The van der Waals surface area contributed by atoms with Crippen molar-refractivity contribution in [2.24, 2.45) is 0 Å². The Morgan fingerprint density at radius 2 is 1.90 bits per heavy atom. The summed E-state index contributed by atoms with van der Waals surface area (Å²) in [4.78, 5) is 23.2. The minimum atomic E-state index is -0.0668. The summed E-state index contributed by atoms with van der Waals surface area (Å²) in [5, 5.41) is 10.2. The molecule has 4 aromatic rings. The Kier molecular flexibility index (Phi) is 4.81. The van der Waals surface area contributed by atoms with Crippen molar-refractivity contribution < 1.29 is 12.1 Å². The summed E-state index contributed by atoms with van der Waals surface area (Å²) < 4.78 is 5.77. The molecule has 4 rings (SSSR count). The van der Waals surface area contributed by atoms with Crippen LogP contribution in [0, 0.1) is 6.92 Å². The van der Waals surface area contributed by atoms with E-state index in [-0.39, 0.29) is 20.5 Å². The summed E-state index contributed by atoms with van der Waals surface area (Å²) in [6.07, 6.45) is 1.57. The molecule has 1 aromatic carbocycles. The number of carbonyl (C=O) groups is 1. The Balaban J connectivity index is 0.00000171. The number of hydrogen-bond acceptors (Lipinski definition) is 8. The highest BCUT2D eigenvalue weighted by Gasteiger charge is 2.18. The van der Waals surface area contributed by atoms with Gasteiger partial charge in [0, 0.05) is 28.1 Å². The first-order chi connectivity index (χ1) is 13.9. The van der Waals surface area contributed by atoms with Gasteiger partial charge in [0.2, 0.25) is 0 Å². The monoisotopic (exact) mass is 410 g/mol. The lowest BCUT2D eigenvalue weighted by Crippen LogP contribution is -2.21. The zero-order valence-electron chi connectivity index (χ0n) is 16.1. The molecule has 0 aliphatic carbocycles. The fourth-order valence-electron chi connectivity index (χ4n) is 2.70. The van der Waals surface area contributed by atoms with E-state index in [1.165, 1.54) is 16.2 Å². The van der Waals surface area contributed by atoms with Crippen molar-refractivity contribution in [1.82, 2.24) is 25.1 Å². The van der Waals surface area contributed by atoms with Gasteiger partial charge in [-0.15, -0.1) is 21.5 Å². The van der Waals surface area contributed by atoms with E-state index in [9.17, 15) is 4.79 Å². The maximum atomic E-state index is 12.1. The van der Waals surface area contributed by atoms with Crippen molar-refractivity contribution in [3.8, 4) is 33.6 Å². The van der Waals surface area contributed by atoms with E-state index in [2.05, 4.69) is 20.2 Å². The molecule has 2 N–H and O–H groups in total. The fourth-order valence-corrected chi connectivity index (χ4v) is 3.52. The highest BCUT2D eigenvalue weighted by atomic mass is 32.1. The van der Waals surface area contributed by atoms with Crippen LogP contribution in [-0.4, -0.2) is 45.1 Å². The smallest absolute Gasteiger partial charge is 0.270 e. The molecule has 8 nitrogen and oxygen atoms in total. The molecule has 0 bridgehead atoms. The van der Waals surface area contributed by atoms with E-state index in [4.69, 9.17) is 10.2 Å². The van der Waals surface area contributed by atoms with Gasteiger partial charge in [0.15, 0.2) is 11.5 Å². The van der Waals surface area contributed by atoms with Crippen molar-refractivity contribution in [3.05, 3.63) is 53.0 Å². The topological polar surface area (TPSA) is 111 Å². The largest absolute Gasteiger partial charge is 0.414 e. The van der Waals surface area contributed by atoms with E-state index in [0.29, 0.717) is 22.8 Å². The zero-order valence-corrected chi connectivity index (χ0v) is 16.9. The van der Waals surface area contributed by atoms with Crippen LogP contribution in [0.3, 0.4) is 0 Å². The van der Waals surface area contributed by atoms with Crippen LogP contribution in [0.2, 0.25) is 0 Å². The predicted molar refractivity (Wildman–Crippen MR) is 115 cm³/mol. The molecule has 0 saturated heterocycles. The van der Waals surface area contributed by atoms with Crippen LogP contribution in [0.25, 0.3) is 33.6 Å². The van der Waals surface area contributed by atoms with E-state index in [1.54, 1.807) is 32.4 Å². The van der Waals surface area contributed by atoms with E-state index in [0.717, 1.165) is 16.0 Å². The number of aryl methyl sites for hydroxylation is 1. The van der Waals surface area contributed by atoms with Crippen molar-refractivity contribution in [1.29, 1.82) is 0 Å². The first-order valence-electron chi connectivity index (χ1n) is 8.76. The van der Waals surface area contributed by atoms with E-state index >= 15 is 0 Å². The summed E-state index contributed by atoms with van der Waals surface area (Å²) in [5.74, 6) is 0.752. The highest BCUT2D eigenvalue weighted by Crippen LogP contribution is 2.30. The lowest BCUT2D eigenvalue weighted by Gasteiger charge is -2.10. The Labute approximate surface area is 174 Å². The summed E-state index contributed by atoms with van der Waals surface area (Å²) in [6, 6.07) is 9.10. The molecule has 0 spiro atoms. The molecule has 3 aromatic heterocycles. The molecule has 150 valence electrons. The van der Waals surface area contributed by atoms with Crippen molar-refractivity contribution in [2.75, 3.05) is 19.8 Å². The van der Waals surface area contributed by atoms with Gasteiger partial charge in [-0.05, 0) is 36.1 Å². The Morgan fingerprint density at radius 3 is 2.55 bits per heavy atom. The van der Waals surface area contributed by atoms with Gasteiger partial charge < -0.3 is 15.1 Å². The second kappa shape index (κ2) is 7.44. The summed E-state index contributed by atoms with van der Waals surface area (Å²) in [6.45, 7) is 2.00. The lowest BCUT2D eigenvalue weighted by atomic mass is 10.1. The van der Waals surface area contributed by atoms with Crippen molar-refractivity contribution in [2.45, 2.75) is 6.92 Å². The molecule has 0 saturated carbocycles. The number of thiophene rings is 1. The molecule has 0 fully saturated rings. The average Bonchev–Trinajstić information content (AvgIpc) is 3.37. The van der Waals surface area contributed by atoms with Crippen LogP contribution in [-0.2, 0) is 0 Å². The van der Waals surface area contributed by atoms with Crippen LogP contribution in [0.15, 0.2) is 46.3 Å². The molecule has 0 aliphatic rings. The van der Waals surface area contributed by atoms with Gasteiger partial charge in [-0.1, -0.05) is 12.1 Å². The van der Waals surface area contributed by atoms with Gasteiger partial charge in [0.1, 0.15) is 0 Å². The Bertz CT molecular complexity index is 1190. The van der Waals surface area contributed by atoms with E-state index < -0.39 is 0 Å². The van der Waals surface area contributed by atoms with Crippen LogP contribution < -0.4 is 5.73 Å². The van der Waals surface area contributed by atoms with Gasteiger partial charge in [0.25, 0.3) is 17.7 Å². The molecule has 29 heavy (non-hydrogen) atoms. The quantitative estimate of drug-likeness (QED) is 0.541. The van der Waals surface area contributed by atoms with Crippen molar-refractivity contribution in [3.63, 3.8) is 0 Å². The molecule has 0 atom stereocenters. The number of nitrogens with two attached hydrogens (primary N) is 1. The van der Waals surface area contributed by atoms with Gasteiger partial charge in [-0.2, -0.15) is 0 Å². The number of rotatable bonds is 4. The number of carbonyl (C=O) groups excluding carboxylic acids is 1. The second-order valence-electron chi connectivity index (χ2n) is 6.67. The molecule has 0 unspecified atom stereocenters. The van der Waals surface area contributed by atoms with Crippen LogP contribution in [0.1, 0.15) is 18.8 Å². The molecular formula is C20H22N6O2S. The number of nitrogens with zero attached hydrogens (tertiary/aromatic N) is 5. The SMILES string of the molecule is Cc1csc(-c2nnc(-c3nc(-c4ccc(C(=O)N(C)C)cc4)cnc3N)o2)c1.[HH].[HH]. The minimum Gasteiger partial charge on any atom is -0.414 e. The van der Waals surface area contributed by atoms with Gasteiger partial charge in [0.05, 0.1) is 16.8 Å². The van der Waals surface area contributed by atoms with Crippen LogP contribution in [0.4, 0.5) is 5.82 Å². The number of amides is 1. The lowest BCUT2D eigenvalue weighted by molar-refractivity contribution is 0.0827. The van der Waals surface area contributed by atoms with E-state index in [1.807, 2.05) is 30.5 Å². The standard InChI is InChI=1S/C20H18N6O2S.2H2/c1-11-8-15(29-10-11)18-24-25-19(28-18)16-17(21)22-9-14(23-16)12-4-6-13(7-5-12)20(27)26(2)3;;/h4-10H,1-3H3,(H2,21,22);2*1H. The maximum Gasteiger partial charge on any atom is 0.270 e.